The van der Waals surface area contributed by atoms with E-state index in [1.54, 1.807) is 11.1 Å². The van der Waals surface area contributed by atoms with Crippen molar-refractivity contribution >= 4 is 0 Å². The van der Waals surface area contributed by atoms with Crippen LogP contribution >= 0.6 is 0 Å². The molecule has 0 aromatic heterocycles. The van der Waals surface area contributed by atoms with Gasteiger partial charge in [0.1, 0.15) is 0 Å². The van der Waals surface area contributed by atoms with E-state index in [9.17, 15) is 0 Å². The molecule has 0 amide bonds. The Morgan fingerprint density at radius 2 is 2.10 bits per heavy atom. The Labute approximate surface area is 123 Å². The molecule has 0 saturated heterocycles. The first-order valence-corrected chi connectivity index (χ1v) is 8.16. The van der Waals surface area contributed by atoms with Crippen molar-refractivity contribution in [2.45, 2.75) is 64.0 Å². The largest absolute Gasteiger partial charge is 0.377 e. The molecule has 3 unspecified atom stereocenters. The van der Waals surface area contributed by atoms with Gasteiger partial charge in [-0.05, 0) is 63.1 Å². The molecule has 2 rings (SSSR count). The summed E-state index contributed by atoms with van der Waals surface area (Å²) in [5, 5.41) is 3.49. The second-order valence-corrected chi connectivity index (χ2v) is 5.82. The average Bonchev–Trinajstić information content (AvgIpc) is 2.50. The van der Waals surface area contributed by atoms with E-state index >= 15 is 0 Å². The molecule has 3 atom stereocenters. The number of fused-ring (bicyclic) bond motifs is 1. The number of aryl methyl sites for hydroxylation is 1. The molecule has 1 aliphatic rings. The highest BCUT2D eigenvalue weighted by atomic mass is 16.5. The summed E-state index contributed by atoms with van der Waals surface area (Å²) < 4.78 is 5.91. The van der Waals surface area contributed by atoms with Crippen LogP contribution in [0.15, 0.2) is 24.3 Å². The van der Waals surface area contributed by atoms with Crippen molar-refractivity contribution in [1.29, 1.82) is 0 Å². The van der Waals surface area contributed by atoms with Crippen molar-refractivity contribution in [2.24, 2.45) is 0 Å². The number of benzene rings is 1. The first-order chi connectivity index (χ1) is 9.80. The second-order valence-electron chi connectivity index (χ2n) is 5.82. The van der Waals surface area contributed by atoms with Gasteiger partial charge >= 0.3 is 0 Å². The van der Waals surface area contributed by atoms with E-state index in [4.69, 9.17) is 4.74 Å². The van der Waals surface area contributed by atoms with Gasteiger partial charge in [-0.15, -0.1) is 0 Å². The zero-order chi connectivity index (χ0) is 14.4. The number of hydrogen-bond donors (Lipinski definition) is 1. The predicted molar refractivity (Wildman–Crippen MR) is 85.3 cm³/mol. The first-order valence-electron chi connectivity index (χ1n) is 8.16. The zero-order valence-electron chi connectivity index (χ0n) is 13.2. The van der Waals surface area contributed by atoms with Gasteiger partial charge in [-0.1, -0.05) is 31.2 Å². The van der Waals surface area contributed by atoms with Crippen LogP contribution in [0.5, 0.6) is 0 Å². The Bertz CT molecular complexity index is 404. The van der Waals surface area contributed by atoms with Crippen LogP contribution in [-0.2, 0) is 11.2 Å². The molecule has 20 heavy (non-hydrogen) atoms. The molecule has 1 N–H and O–H groups in total. The lowest BCUT2D eigenvalue weighted by Crippen LogP contribution is -2.40. The molecule has 2 heteroatoms. The summed E-state index contributed by atoms with van der Waals surface area (Å²) in [6.07, 6.45) is 6.49. The van der Waals surface area contributed by atoms with Gasteiger partial charge in [0, 0.05) is 12.6 Å². The Balaban J connectivity index is 2.08. The summed E-state index contributed by atoms with van der Waals surface area (Å²) in [6, 6.07) is 9.44. The number of hydrogen-bond acceptors (Lipinski definition) is 2. The van der Waals surface area contributed by atoms with Crippen molar-refractivity contribution in [3.63, 3.8) is 0 Å². The van der Waals surface area contributed by atoms with E-state index in [1.165, 1.54) is 25.7 Å². The molecule has 0 bridgehead atoms. The SMILES string of the molecule is CCOC(CC)C(CC1CCCc2ccccc21)NC. The lowest BCUT2D eigenvalue weighted by Gasteiger charge is -2.32. The molecular weight excluding hydrogens is 246 g/mol. The Morgan fingerprint density at radius 1 is 1.30 bits per heavy atom. The van der Waals surface area contributed by atoms with Crippen LogP contribution in [-0.4, -0.2) is 25.8 Å². The van der Waals surface area contributed by atoms with E-state index in [0.29, 0.717) is 18.1 Å². The zero-order valence-corrected chi connectivity index (χ0v) is 13.2. The minimum Gasteiger partial charge on any atom is -0.377 e. The summed E-state index contributed by atoms with van der Waals surface area (Å²) in [5.41, 5.74) is 3.13. The fourth-order valence-corrected chi connectivity index (χ4v) is 3.59. The predicted octanol–water partition coefficient (Wildman–Crippen LogP) is 3.90. The minimum absolute atomic E-state index is 0.332. The maximum absolute atomic E-state index is 5.91. The molecule has 1 aromatic carbocycles. The van der Waals surface area contributed by atoms with Crippen LogP contribution in [0.4, 0.5) is 0 Å². The average molecular weight is 275 g/mol. The minimum atomic E-state index is 0.332. The van der Waals surface area contributed by atoms with E-state index in [0.717, 1.165) is 13.0 Å². The number of likely N-dealkylation sites (N-methyl/N-ethyl adjacent to an activating group) is 1. The number of nitrogens with one attached hydrogen (secondary N) is 1. The van der Waals surface area contributed by atoms with Crippen LogP contribution in [0, 0.1) is 0 Å². The summed E-state index contributed by atoms with van der Waals surface area (Å²) >= 11 is 0. The third kappa shape index (κ3) is 3.62. The molecule has 0 saturated carbocycles. The van der Waals surface area contributed by atoms with Gasteiger partial charge < -0.3 is 10.1 Å². The standard InChI is InChI=1S/C18H29NO/c1-4-18(20-5-2)17(19-3)13-15-11-8-10-14-9-6-7-12-16(14)15/h6-7,9,12,15,17-19H,4-5,8,10-11,13H2,1-3H3. The Kier molecular flexibility index (Phi) is 6.06. The maximum Gasteiger partial charge on any atom is 0.0725 e. The van der Waals surface area contributed by atoms with Gasteiger partial charge in [-0.2, -0.15) is 0 Å². The molecule has 112 valence electrons. The van der Waals surface area contributed by atoms with Crippen LogP contribution in [0.2, 0.25) is 0 Å². The normalized spacial score (nSPS) is 21.2. The number of rotatable bonds is 7. The smallest absolute Gasteiger partial charge is 0.0725 e. The Morgan fingerprint density at radius 3 is 2.80 bits per heavy atom. The highest BCUT2D eigenvalue weighted by Crippen LogP contribution is 2.35. The van der Waals surface area contributed by atoms with Gasteiger partial charge in [-0.25, -0.2) is 0 Å². The van der Waals surface area contributed by atoms with Crippen LogP contribution in [0.1, 0.15) is 56.6 Å². The lowest BCUT2D eigenvalue weighted by atomic mass is 9.78. The van der Waals surface area contributed by atoms with Crippen LogP contribution < -0.4 is 5.32 Å². The van der Waals surface area contributed by atoms with Crippen molar-refractivity contribution < 1.29 is 4.74 Å². The highest BCUT2D eigenvalue weighted by Gasteiger charge is 2.26. The fourth-order valence-electron chi connectivity index (χ4n) is 3.59. The first kappa shape index (κ1) is 15.5. The summed E-state index contributed by atoms with van der Waals surface area (Å²) in [4.78, 5) is 0. The van der Waals surface area contributed by atoms with Crippen molar-refractivity contribution in [2.75, 3.05) is 13.7 Å². The summed E-state index contributed by atoms with van der Waals surface area (Å²) in [6.45, 7) is 5.11. The van der Waals surface area contributed by atoms with Crippen LogP contribution in [0.25, 0.3) is 0 Å². The third-order valence-corrected chi connectivity index (χ3v) is 4.63. The Hall–Kier alpha value is -0.860. The van der Waals surface area contributed by atoms with Gasteiger partial charge in [0.2, 0.25) is 0 Å². The van der Waals surface area contributed by atoms with Gasteiger partial charge in [0.15, 0.2) is 0 Å². The molecular formula is C18H29NO. The summed E-state index contributed by atoms with van der Waals surface area (Å²) in [5.74, 6) is 0.687. The van der Waals surface area contributed by atoms with Crippen LogP contribution in [0.3, 0.4) is 0 Å². The molecule has 0 heterocycles. The van der Waals surface area contributed by atoms with Gasteiger partial charge in [0.05, 0.1) is 6.10 Å². The highest BCUT2D eigenvalue weighted by molar-refractivity contribution is 5.32. The second kappa shape index (κ2) is 7.80. The molecule has 0 radical (unpaired) electrons. The topological polar surface area (TPSA) is 21.3 Å². The van der Waals surface area contributed by atoms with Gasteiger partial charge in [0.25, 0.3) is 0 Å². The van der Waals surface area contributed by atoms with E-state index in [2.05, 4.69) is 50.5 Å². The van der Waals surface area contributed by atoms with Crippen molar-refractivity contribution in [3.05, 3.63) is 35.4 Å². The van der Waals surface area contributed by atoms with Crippen molar-refractivity contribution in [1.82, 2.24) is 5.32 Å². The lowest BCUT2D eigenvalue weighted by molar-refractivity contribution is 0.0293. The molecule has 0 fully saturated rings. The molecule has 1 aromatic rings. The number of ether oxygens (including phenoxy) is 1. The third-order valence-electron chi connectivity index (χ3n) is 4.63. The monoisotopic (exact) mass is 275 g/mol. The molecule has 0 spiro atoms. The van der Waals surface area contributed by atoms with E-state index < -0.39 is 0 Å². The van der Waals surface area contributed by atoms with E-state index in [1.807, 2.05) is 0 Å². The molecule has 2 nitrogen and oxygen atoms in total. The van der Waals surface area contributed by atoms with Gasteiger partial charge in [-0.3, -0.25) is 0 Å². The van der Waals surface area contributed by atoms with E-state index in [-0.39, 0.29) is 0 Å². The molecule has 1 aliphatic carbocycles. The fraction of sp³-hybridized carbons (Fsp3) is 0.667. The quantitative estimate of drug-likeness (QED) is 0.815. The summed E-state index contributed by atoms with van der Waals surface area (Å²) in [7, 11) is 2.07. The van der Waals surface area contributed by atoms with Crippen molar-refractivity contribution in [3.8, 4) is 0 Å². The molecule has 0 aliphatic heterocycles. The maximum atomic E-state index is 5.91.